The highest BCUT2D eigenvalue weighted by Gasteiger charge is 2.12. The smallest absolute Gasteiger partial charge is 0.268 e. The molecule has 0 atom stereocenters. The van der Waals surface area contributed by atoms with Crippen LogP contribution in [-0.2, 0) is 0 Å². The number of nitrogen functional groups attached to an aromatic ring is 1. The number of anilines is 2. The first kappa shape index (κ1) is 12.8. The van der Waals surface area contributed by atoms with Crippen molar-refractivity contribution in [2.75, 3.05) is 11.1 Å². The lowest BCUT2D eigenvalue weighted by Crippen LogP contribution is -2.13. The van der Waals surface area contributed by atoms with Gasteiger partial charge in [-0.2, -0.15) is 0 Å². The number of hydrogen-bond acceptors (Lipinski definition) is 5. The van der Waals surface area contributed by atoms with Gasteiger partial charge in [0.05, 0.1) is 4.88 Å². The second-order valence-corrected chi connectivity index (χ2v) is 5.38. The third-order valence-electron chi connectivity index (χ3n) is 2.23. The van der Waals surface area contributed by atoms with Crippen molar-refractivity contribution >= 4 is 40.5 Å². The zero-order valence-electron chi connectivity index (χ0n) is 9.82. The molecule has 0 fully saturated rings. The number of halogens is 1. The molecule has 0 unspecified atom stereocenters. The second-order valence-electron chi connectivity index (χ2n) is 3.73. The SMILES string of the molecule is Cc1cc(Cl)nc(NC(=O)c2cc(N)c(C)s2)n1. The molecule has 0 radical (unpaired) electrons. The molecular formula is C11H11ClN4OS. The number of rotatable bonds is 2. The van der Waals surface area contributed by atoms with Crippen LogP contribution in [-0.4, -0.2) is 15.9 Å². The number of amides is 1. The number of nitrogens with zero attached hydrogens (tertiary/aromatic N) is 2. The van der Waals surface area contributed by atoms with E-state index in [2.05, 4.69) is 15.3 Å². The summed E-state index contributed by atoms with van der Waals surface area (Å²) in [7, 11) is 0. The van der Waals surface area contributed by atoms with Gasteiger partial charge in [-0.05, 0) is 26.0 Å². The Hall–Kier alpha value is -1.66. The molecule has 2 rings (SSSR count). The van der Waals surface area contributed by atoms with Gasteiger partial charge in [-0.1, -0.05) is 11.6 Å². The van der Waals surface area contributed by atoms with Crippen LogP contribution >= 0.6 is 22.9 Å². The summed E-state index contributed by atoms with van der Waals surface area (Å²) in [4.78, 5) is 21.3. The monoisotopic (exact) mass is 282 g/mol. The normalized spacial score (nSPS) is 10.4. The highest BCUT2D eigenvalue weighted by molar-refractivity contribution is 7.14. The second kappa shape index (κ2) is 4.91. The molecule has 0 spiro atoms. The summed E-state index contributed by atoms with van der Waals surface area (Å²) in [5.41, 5.74) is 6.99. The van der Waals surface area contributed by atoms with Gasteiger partial charge >= 0.3 is 0 Å². The summed E-state index contributed by atoms with van der Waals surface area (Å²) in [5, 5.41) is 2.88. The van der Waals surface area contributed by atoms with E-state index in [0.717, 1.165) is 4.88 Å². The number of hydrogen-bond donors (Lipinski definition) is 2. The predicted octanol–water partition coefficient (Wildman–Crippen LogP) is 2.64. The van der Waals surface area contributed by atoms with Crippen molar-refractivity contribution in [3.05, 3.63) is 32.7 Å². The lowest BCUT2D eigenvalue weighted by Gasteiger charge is -2.03. The highest BCUT2D eigenvalue weighted by Crippen LogP contribution is 2.24. The molecule has 2 aromatic rings. The Morgan fingerprint density at radius 3 is 2.67 bits per heavy atom. The molecule has 94 valence electrons. The van der Waals surface area contributed by atoms with Crippen LogP contribution < -0.4 is 11.1 Å². The van der Waals surface area contributed by atoms with Gasteiger partial charge in [-0.3, -0.25) is 10.1 Å². The molecule has 0 aliphatic rings. The third-order valence-corrected chi connectivity index (χ3v) is 3.49. The van der Waals surface area contributed by atoms with Gasteiger partial charge in [0.15, 0.2) is 0 Å². The molecule has 1 amide bonds. The van der Waals surface area contributed by atoms with Gasteiger partial charge < -0.3 is 5.73 Å². The number of nitrogens with two attached hydrogens (primary N) is 1. The quantitative estimate of drug-likeness (QED) is 0.830. The fourth-order valence-corrected chi connectivity index (χ4v) is 2.43. The number of thiophene rings is 1. The Morgan fingerprint density at radius 1 is 1.39 bits per heavy atom. The Bertz CT molecular complexity index is 571. The molecule has 0 aliphatic carbocycles. The van der Waals surface area contributed by atoms with E-state index in [4.69, 9.17) is 17.3 Å². The molecule has 0 bridgehead atoms. The van der Waals surface area contributed by atoms with Gasteiger partial charge in [0.25, 0.3) is 5.91 Å². The molecule has 2 heterocycles. The molecule has 5 nitrogen and oxygen atoms in total. The number of nitrogens with one attached hydrogen (secondary N) is 1. The molecule has 0 aliphatic heterocycles. The molecule has 7 heteroatoms. The zero-order valence-corrected chi connectivity index (χ0v) is 11.4. The summed E-state index contributed by atoms with van der Waals surface area (Å²) in [6.07, 6.45) is 0. The van der Waals surface area contributed by atoms with Crippen LogP contribution in [0.15, 0.2) is 12.1 Å². The van der Waals surface area contributed by atoms with Crippen molar-refractivity contribution in [1.29, 1.82) is 0 Å². The summed E-state index contributed by atoms with van der Waals surface area (Å²) >= 11 is 7.11. The van der Waals surface area contributed by atoms with Crippen molar-refractivity contribution in [2.24, 2.45) is 0 Å². The van der Waals surface area contributed by atoms with Crippen LogP contribution in [0.5, 0.6) is 0 Å². The van der Waals surface area contributed by atoms with E-state index < -0.39 is 0 Å². The van der Waals surface area contributed by atoms with Crippen molar-refractivity contribution in [2.45, 2.75) is 13.8 Å². The molecule has 0 aromatic carbocycles. The first-order chi connectivity index (χ1) is 8.45. The van der Waals surface area contributed by atoms with Crippen LogP contribution in [0.4, 0.5) is 11.6 Å². The van der Waals surface area contributed by atoms with E-state index >= 15 is 0 Å². The highest BCUT2D eigenvalue weighted by atomic mass is 35.5. The average Bonchev–Trinajstić information content (AvgIpc) is 2.57. The predicted molar refractivity (Wildman–Crippen MR) is 73.2 cm³/mol. The summed E-state index contributed by atoms with van der Waals surface area (Å²) in [6.45, 7) is 3.63. The van der Waals surface area contributed by atoms with Crippen molar-refractivity contribution in [3.63, 3.8) is 0 Å². The van der Waals surface area contributed by atoms with Gasteiger partial charge in [0.2, 0.25) is 5.95 Å². The Labute approximate surface area is 113 Å². The molecule has 0 saturated carbocycles. The first-order valence-electron chi connectivity index (χ1n) is 5.14. The van der Waals surface area contributed by atoms with Gasteiger partial charge in [-0.15, -0.1) is 11.3 Å². The van der Waals surface area contributed by atoms with Crippen molar-refractivity contribution in [3.8, 4) is 0 Å². The van der Waals surface area contributed by atoms with E-state index in [-0.39, 0.29) is 11.9 Å². The van der Waals surface area contributed by atoms with Crippen molar-refractivity contribution in [1.82, 2.24) is 9.97 Å². The average molecular weight is 283 g/mol. The number of aryl methyl sites for hydroxylation is 2. The third kappa shape index (κ3) is 2.77. The lowest BCUT2D eigenvalue weighted by atomic mass is 10.3. The maximum Gasteiger partial charge on any atom is 0.268 e. The fraction of sp³-hybridized carbons (Fsp3) is 0.182. The van der Waals surface area contributed by atoms with E-state index in [1.54, 1.807) is 19.1 Å². The minimum atomic E-state index is -0.290. The van der Waals surface area contributed by atoms with E-state index in [1.165, 1.54) is 11.3 Å². The van der Waals surface area contributed by atoms with E-state index in [1.807, 2.05) is 6.92 Å². The fourth-order valence-electron chi connectivity index (χ4n) is 1.36. The number of carbonyl (C=O) groups excluding carboxylic acids is 1. The molecule has 18 heavy (non-hydrogen) atoms. The molecule has 3 N–H and O–H groups in total. The summed E-state index contributed by atoms with van der Waals surface area (Å²) < 4.78 is 0. The lowest BCUT2D eigenvalue weighted by molar-refractivity contribution is 0.102. The Balaban J connectivity index is 2.21. The maximum absolute atomic E-state index is 11.9. The van der Waals surface area contributed by atoms with Gasteiger partial charge in [0, 0.05) is 16.3 Å². The zero-order chi connectivity index (χ0) is 13.3. The van der Waals surface area contributed by atoms with Gasteiger partial charge in [0.1, 0.15) is 5.15 Å². The van der Waals surface area contributed by atoms with Crippen LogP contribution in [0.25, 0.3) is 0 Å². The molecule has 0 saturated heterocycles. The van der Waals surface area contributed by atoms with Crippen LogP contribution in [0.2, 0.25) is 5.15 Å². The van der Waals surface area contributed by atoms with E-state index in [0.29, 0.717) is 21.4 Å². The summed E-state index contributed by atoms with van der Waals surface area (Å²) in [6, 6.07) is 3.25. The van der Waals surface area contributed by atoms with Gasteiger partial charge in [-0.25, -0.2) is 9.97 Å². The van der Waals surface area contributed by atoms with Crippen LogP contribution in [0.3, 0.4) is 0 Å². The van der Waals surface area contributed by atoms with E-state index in [9.17, 15) is 4.79 Å². The largest absolute Gasteiger partial charge is 0.398 e. The first-order valence-corrected chi connectivity index (χ1v) is 6.33. The van der Waals surface area contributed by atoms with Crippen LogP contribution in [0, 0.1) is 13.8 Å². The minimum absolute atomic E-state index is 0.189. The molecule has 2 aromatic heterocycles. The van der Waals surface area contributed by atoms with Crippen LogP contribution in [0.1, 0.15) is 20.2 Å². The maximum atomic E-state index is 11.9. The number of aromatic nitrogens is 2. The standard InChI is InChI=1S/C11H11ClN4OS/c1-5-3-9(12)15-11(14-5)16-10(17)8-4-7(13)6(2)18-8/h3-4H,13H2,1-2H3,(H,14,15,16,17). The topological polar surface area (TPSA) is 80.9 Å². The Morgan fingerprint density at radius 2 is 2.11 bits per heavy atom. The number of carbonyl (C=O) groups is 1. The summed E-state index contributed by atoms with van der Waals surface area (Å²) in [5.74, 6) is -0.101. The molecular weight excluding hydrogens is 272 g/mol. The minimum Gasteiger partial charge on any atom is -0.398 e. The Kier molecular flexibility index (Phi) is 3.49. The van der Waals surface area contributed by atoms with Crippen molar-refractivity contribution < 1.29 is 4.79 Å².